The molecular formula is C21H22ClN5O2. The number of carbonyl (C=O) groups is 2. The Morgan fingerprint density at radius 2 is 1.66 bits per heavy atom. The molecule has 0 saturated heterocycles. The summed E-state index contributed by atoms with van der Waals surface area (Å²) < 4.78 is 1.54. The quantitative estimate of drug-likeness (QED) is 0.619. The number of urea groups is 1. The van der Waals surface area contributed by atoms with Crippen molar-refractivity contribution in [1.29, 1.82) is 0 Å². The number of hydrogen-bond donors (Lipinski definition) is 2. The van der Waals surface area contributed by atoms with Crippen molar-refractivity contribution in [3.63, 3.8) is 0 Å². The Bertz CT molecular complexity index is 982. The summed E-state index contributed by atoms with van der Waals surface area (Å²) in [5.74, 6) is 0.110. The zero-order chi connectivity index (χ0) is 20.8. The zero-order valence-corrected chi connectivity index (χ0v) is 17.0. The van der Waals surface area contributed by atoms with Crippen LogP contribution in [0.4, 0.5) is 16.3 Å². The number of para-hydroxylation sites is 1. The third-order valence-corrected chi connectivity index (χ3v) is 4.64. The van der Waals surface area contributed by atoms with Gasteiger partial charge in [0.05, 0.1) is 11.9 Å². The number of nitrogens with one attached hydrogen (secondary N) is 2. The van der Waals surface area contributed by atoms with Crippen LogP contribution in [0, 0.1) is 0 Å². The molecule has 0 radical (unpaired) electrons. The number of anilines is 2. The SMILES string of the molecule is CCN(CC)C(=O)c1cnn(-c2ccccc2)c1NC(=O)Nc1ccc(Cl)cc1. The maximum Gasteiger partial charge on any atom is 0.324 e. The fourth-order valence-corrected chi connectivity index (χ4v) is 3.00. The van der Waals surface area contributed by atoms with E-state index in [4.69, 9.17) is 11.6 Å². The molecule has 7 nitrogen and oxygen atoms in total. The number of hydrogen-bond acceptors (Lipinski definition) is 3. The van der Waals surface area contributed by atoms with Gasteiger partial charge in [-0.25, -0.2) is 9.48 Å². The molecular weight excluding hydrogens is 390 g/mol. The van der Waals surface area contributed by atoms with Gasteiger partial charge in [-0.15, -0.1) is 0 Å². The molecule has 3 aromatic rings. The van der Waals surface area contributed by atoms with E-state index in [1.165, 1.54) is 10.9 Å². The third kappa shape index (κ3) is 4.75. The largest absolute Gasteiger partial charge is 0.339 e. The van der Waals surface area contributed by atoms with Crippen LogP contribution in [-0.4, -0.2) is 39.7 Å². The second-order valence-electron chi connectivity index (χ2n) is 6.22. The number of carbonyl (C=O) groups excluding carboxylic acids is 2. The van der Waals surface area contributed by atoms with E-state index in [0.717, 1.165) is 5.69 Å². The predicted octanol–water partition coefficient (Wildman–Crippen LogP) is 4.65. The molecule has 0 saturated carbocycles. The van der Waals surface area contributed by atoms with Gasteiger partial charge in [0, 0.05) is 23.8 Å². The molecule has 2 N–H and O–H groups in total. The summed E-state index contributed by atoms with van der Waals surface area (Å²) in [5, 5.41) is 10.4. The number of rotatable bonds is 6. The van der Waals surface area contributed by atoms with Crippen LogP contribution in [0.25, 0.3) is 5.69 Å². The summed E-state index contributed by atoms with van der Waals surface area (Å²) in [7, 11) is 0. The minimum Gasteiger partial charge on any atom is -0.339 e. The normalized spacial score (nSPS) is 10.4. The van der Waals surface area contributed by atoms with Crippen molar-refractivity contribution in [1.82, 2.24) is 14.7 Å². The van der Waals surface area contributed by atoms with E-state index >= 15 is 0 Å². The molecule has 0 aliphatic rings. The van der Waals surface area contributed by atoms with Crippen LogP contribution in [0.2, 0.25) is 5.02 Å². The van der Waals surface area contributed by atoms with Crippen LogP contribution in [0.5, 0.6) is 0 Å². The number of nitrogens with zero attached hydrogens (tertiary/aromatic N) is 3. The van der Waals surface area contributed by atoms with Gasteiger partial charge in [-0.1, -0.05) is 29.8 Å². The van der Waals surface area contributed by atoms with Crippen molar-refractivity contribution in [3.05, 3.63) is 71.4 Å². The van der Waals surface area contributed by atoms with E-state index in [1.807, 2.05) is 44.2 Å². The number of halogens is 1. The minimum atomic E-state index is -0.487. The highest BCUT2D eigenvalue weighted by Crippen LogP contribution is 2.22. The Morgan fingerprint density at radius 3 is 2.28 bits per heavy atom. The highest BCUT2D eigenvalue weighted by molar-refractivity contribution is 6.30. The van der Waals surface area contributed by atoms with Gasteiger partial charge >= 0.3 is 6.03 Å². The minimum absolute atomic E-state index is 0.195. The lowest BCUT2D eigenvalue weighted by molar-refractivity contribution is 0.0774. The van der Waals surface area contributed by atoms with Gasteiger partial charge in [0.25, 0.3) is 5.91 Å². The van der Waals surface area contributed by atoms with E-state index in [0.29, 0.717) is 35.2 Å². The molecule has 29 heavy (non-hydrogen) atoms. The second kappa shape index (κ2) is 9.25. The third-order valence-electron chi connectivity index (χ3n) is 4.39. The summed E-state index contributed by atoms with van der Waals surface area (Å²) in [5.41, 5.74) is 1.63. The lowest BCUT2D eigenvalue weighted by Crippen LogP contribution is -2.31. The Morgan fingerprint density at radius 1 is 1.00 bits per heavy atom. The molecule has 1 aromatic heterocycles. The average Bonchev–Trinajstić information content (AvgIpc) is 3.14. The monoisotopic (exact) mass is 411 g/mol. The van der Waals surface area contributed by atoms with Gasteiger partial charge in [-0.05, 0) is 50.2 Å². The predicted molar refractivity (Wildman–Crippen MR) is 115 cm³/mol. The molecule has 3 amide bonds. The van der Waals surface area contributed by atoms with Gasteiger partial charge in [-0.3, -0.25) is 10.1 Å². The molecule has 150 valence electrons. The summed E-state index contributed by atoms with van der Waals surface area (Å²) >= 11 is 5.88. The fourth-order valence-electron chi connectivity index (χ4n) is 2.87. The average molecular weight is 412 g/mol. The first-order valence-corrected chi connectivity index (χ1v) is 9.67. The fraction of sp³-hybridized carbons (Fsp3) is 0.190. The number of amides is 3. The van der Waals surface area contributed by atoms with Gasteiger partial charge in [0.15, 0.2) is 5.82 Å². The van der Waals surface area contributed by atoms with Crippen LogP contribution >= 0.6 is 11.6 Å². The topological polar surface area (TPSA) is 79.3 Å². The summed E-state index contributed by atoms with van der Waals surface area (Å²) in [4.78, 5) is 27.2. The molecule has 3 rings (SSSR count). The van der Waals surface area contributed by atoms with Crippen LogP contribution in [0.3, 0.4) is 0 Å². The van der Waals surface area contributed by atoms with Crippen molar-refractivity contribution in [2.24, 2.45) is 0 Å². The van der Waals surface area contributed by atoms with Crippen molar-refractivity contribution < 1.29 is 9.59 Å². The van der Waals surface area contributed by atoms with E-state index < -0.39 is 6.03 Å². The first kappa shape index (κ1) is 20.4. The Hall–Kier alpha value is -3.32. The smallest absolute Gasteiger partial charge is 0.324 e. The standard InChI is InChI=1S/C21H22ClN5O2/c1-3-26(4-2)20(28)18-14-23-27(17-8-6-5-7-9-17)19(18)25-21(29)24-16-12-10-15(22)11-13-16/h5-14H,3-4H2,1-2H3,(H2,24,25,29). The van der Waals surface area contributed by atoms with Crippen molar-refractivity contribution in [2.75, 3.05) is 23.7 Å². The van der Waals surface area contributed by atoms with E-state index in [-0.39, 0.29) is 5.91 Å². The second-order valence-corrected chi connectivity index (χ2v) is 6.65. The molecule has 0 unspecified atom stereocenters. The van der Waals surface area contributed by atoms with Crippen molar-refractivity contribution in [3.8, 4) is 5.69 Å². The summed E-state index contributed by atoms with van der Waals surface area (Å²) in [6, 6.07) is 15.6. The molecule has 0 bridgehead atoms. The van der Waals surface area contributed by atoms with Crippen LogP contribution in [0.15, 0.2) is 60.8 Å². The van der Waals surface area contributed by atoms with E-state index in [2.05, 4.69) is 15.7 Å². The Kier molecular flexibility index (Phi) is 6.51. The molecule has 0 fully saturated rings. The van der Waals surface area contributed by atoms with E-state index in [9.17, 15) is 9.59 Å². The molecule has 0 spiro atoms. The van der Waals surface area contributed by atoms with Crippen molar-refractivity contribution in [2.45, 2.75) is 13.8 Å². The maximum absolute atomic E-state index is 12.9. The maximum atomic E-state index is 12.9. The summed E-state index contributed by atoms with van der Waals surface area (Å²) in [6.45, 7) is 4.93. The van der Waals surface area contributed by atoms with Gasteiger partial charge in [0.2, 0.25) is 0 Å². The molecule has 0 aliphatic heterocycles. The first-order valence-electron chi connectivity index (χ1n) is 9.29. The number of aromatic nitrogens is 2. The molecule has 1 heterocycles. The van der Waals surface area contributed by atoms with Crippen LogP contribution in [-0.2, 0) is 0 Å². The lowest BCUT2D eigenvalue weighted by atomic mass is 10.2. The molecule has 0 atom stereocenters. The molecule has 8 heteroatoms. The highest BCUT2D eigenvalue weighted by atomic mass is 35.5. The summed E-state index contributed by atoms with van der Waals surface area (Å²) in [6.07, 6.45) is 1.48. The van der Waals surface area contributed by atoms with Gasteiger partial charge in [-0.2, -0.15) is 5.10 Å². The number of benzene rings is 2. The van der Waals surface area contributed by atoms with Crippen LogP contribution in [0.1, 0.15) is 24.2 Å². The lowest BCUT2D eigenvalue weighted by Gasteiger charge is -2.19. The Balaban J connectivity index is 1.93. The Labute approximate surface area is 174 Å². The van der Waals surface area contributed by atoms with Crippen LogP contribution < -0.4 is 10.6 Å². The van der Waals surface area contributed by atoms with Gasteiger partial charge < -0.3 is 10.2 Å². The van der Waals surface area contributed by atoms with E-state index in [1.54, 1.807) is 29.2 Å². The molecule has 2 aromatic carbocycles. The first-order chi connectivity index (χ1) is 14.0. The molecule has 0 aliphatic carbocycles. The highest BCUT2D eigenvalue weighted by Gasteiger charge is 2.23. The zero-order valence-electron chi connectivity index (χ0n) is 16.2. The van der Waals surface area contributed by atoms with Crippen molar-refractivity contribution >= 4 is 35.0 Å². The van der Waals surface area contributed by atoms with Gasteiger partial charge in [0.1, 0.15) is 5.56 Å².